The molecule has 2 atom stereocenters. The third kappa shape index (κ3) is 1.98. The molecular formula is C9H19N. The minimum absolute atomic E-state index is 0.522. The molecule has 0 aliphatic heterocycles. The van der Waals surface area contributed by atoms with Crippen LogP contribution in [0.25, 0.3) is 0 Å². The van der Waals surface area contributed by atoms with E-state index in [1.54, 1.807) is 0 Å². The molecular weight excluding hydrogens is 122 g/mol. The Balaban J connectivity index is 2.25. The number of nitrogens with two attached hydrogens (primary N) is 1. The molecule has 0 spiro atoms. The van der Waals surface area contributed by atoms with Crippen LogP contribution in [-0.2, 0) is 0 Å². The van der Waals surface area contributed by atoms with E-state index in [0.717, 1.165) is 5.92 Å². The highest BCUT2D eigenvalue weighted by Gasteiger charge is 2.19. The van der Waals surface area contributed by atoms with Gasteiger partial charge in [-0.05, 0) is 25.2 Å². The third-order valence-corrected chi connectivity index (χ3v) is 2.63. The van der Waals surface area contributed by atoms with Crippen LogP contribution in [0.3, 0.4) is 0 Å². The second-order valence-electron chi connectivity index (χ2n) is 3.50. The summed E-state index contributed by atoms with van der Waals surface area (Å²) < 4.78 is 0. The zero-order chi connectivity index (χ0) is 7.40. The van der Waals surface area contributed by atoms with Gasteiger partial charge in [0.1, 0.15) is 0 Å². The topological polar surface area (TPSA) is 26.0 Å². The predicted octanol–water partition coefficient (Wildman–Crippen LogP) is 2.30. The lowest BCUT2D eigenvalue weighted by molar-refractivity contribution is 0.290. The van der Waals surface area contributed by atoms with Crippen molar-refractivity contribution in [1.29, 1.82) is 0 Å². The van der Waals surface area contributed by atoms with E-state index in [1.165, 1.54) is 38.5 Å². The Bertz CT molecular complexity index is 88.7. The van der Waals surface area contributed by atoms with Crippen LogP contribution in [0.5, 0.6) is 0 Å². The Morgan fingerprint density at radius 3 is 2.60 bits per heavy atom. The van der Waals surface area contributed by atoms with Crippen molar-refractivity contribution in [1.82, 2.24) is 0 Å². The fraction of sp³-hybridized carbons (Fsp3) is 1.00. The van der Waals surface area contributed by atoms with E-state index >= 15 is 0 Å². The predicted molar refractivity (Wildman–Crippen MR) is 44.8 cm³/mol. The molecule has 1 heteroatoms. The zero-order valence-electron chi connectivity index (χ0n) is 6.97. The van der Waals surface area contributed by atoms with Gasteiger partial charge in [0.2, 0.25) is 0 Å². The SMILES string of the molecule is CCCC1CCCC[C@@H]1N. The maximum atomic E-state index is 5.97. The van der Waals surface area contributed by atoms with Crippen LogP contribution >= 0.6 is 0 Å². The van der Waals surface area contributed by atoms with Crippen molar-refractivity contribution in [3.05, 3.63) is 0 Å². The Hall–Kier alpha value is -0.0400. The summed E-state index contributed by atoms with van der Waals surface area (Å²) in [5.41, 5.74) is 5.97. The summed E-state index contributed by atoms with van der Waals surface area (Å²) in [6.07, 6.45) is 8.08. The maximum Gasteiger partial charge on any atom is 0.00671 e. The Morgan fingerprint density at radius 1 is 1.30 bits per heavy atom. The number of rotatable bonds is 2. The molecule has 1 fully saturated rings. The van der Waals surface area contributed by atoms with E-state index in [2.05, 4.69) is 6.92 Å². The molecule has 1 rings (SSSR count). The van der Waals surface area contributed by atoms with Gasteiger partial charge < -0.3 is 5.73 Å². The van der Waals surface area contributed by atoms with Crippen molar-refractivity contribution in [2.45, 2.75) is 51.5 Å². The van der Waals surface area contributed by atoms with Gasteiger partial charge >= 0.3 is 0 Å². The summed E-state index contributed by atoms with van der Waals surface area (Å²) in [6, 6.07) is 0.522. The average molecular weight is 141 g/mol. The molecule has 1 nitrogen and oxygen atoms in total. The highest BCUT2D eigenvalue weighted by molar-refractivity contribution is 4.77. The highest BCUT2D eigenvalue weighted by Crippen LogP contribution is 2.26. The molecule has 1 aliphatic rings. The second-order valence-corrected chi connectivity index (χ2v) is 3.50. The van der Waals surface area contributed by atoms with Gasteiger partial charge in [-0.3, -0.25) is 0 Å². The van der Waals surface area contributed by atoms with E-state index in [4.69, 9.17) is 5.73 Å². The van der Waals surface area contributed by atoms with Gasteiger partial charge in [-0.25, -0.2) is 0 Å². The van der Waals surface area contributed by atoms with E-state index in [0.29, 0.717) is 6.04 Å². The minimum atomic E-state index is 0.522. The van der Waals surface area contributed by atoms with Crippen LogP contribution in [0.15, 0.2) is 0 Å². The summed E-state index contributed by atoms with van der Waals surface area (Å²) in [5, 5.41) is 0. The normalized spacial score (nSPS) is 34.2. The van der Waals surface area contributed by atoms with Gasteiger partial charge in [0.05, 0.1) is 0 Å². The lowest BCUT2D eigenvalue weighted by Crippen LogP contribution is -2.32. The summed E-state index contributed by atoms with van der Waals surface area (Å²) >= 11 is 0. The molecule has 0 heterocycles. The van der Waals surface area contributed by atoms with Crippen LogP contribution in [0.4, 0.5) is 0 Å². The van der Waals surface area contributed by atoms with Crippen LogP contribution in [0.2, 0.25) is 0 Å². The van der Waals surface area contributed by atoms with Gasteiger partial charge in [-0.15, -0.1) is 0 Å². The first-order chi connectivity index (χ1) is 4.84. The fourth-order valence-electron chi connectivity index (χ4n) is 1.97. The van der Waals surface area contributed by atoms with Crippen LogP contribution in [0, 0.1) is 5.92 Å². The lowest BCUT2D eigenvalue weighted by atomic mass is 9.82. The molecule has 1 saturated carbocycles. The maximum absolute atomic E-state index is 5.97. The van der Waals surface area contributed by atoms with Crippen LogP contribution < -0.4 is 5.73 Å². The quantitative estimate of drug-likeness (QED) is 0.627. The standard InChI is InChI=1S/C9H19N/c1-2-5-8-6-3-4-7-9(8)10/h8-9H,2-7,10H2,1H3/t8?,9-/m0/s1. The summed E-state index contributed by atoms with van der Waals surface area (Å²) in [4.78, 5) is 0. The second kappa shape index (κ2) is 3.97. The largest absolute Gasteiger partial charge is 0.327 e. The summed E-state index contributed by atoms with van der Waals surface area (Å²) in [7, 11) is 0. The summed E-state index contributed by atoms with van der Waals surface area (Å²) in [6.45, 7) is 2.25. The molecule has 0 saturated heterocycles. The molecule has 2 N–H and O–H groups in total. The van der Waals surface area contributed by atoms with Crippen molar-refractivity contribution in [3.63, 3.8) is 0 Å². The Kier molecular flexibility index (Phi) is 3.20. The Morgan fingerprint density at radius 2 is 2.00 bits per heavy atom. The molecule has 1 aliphatic carbocycles. The monoisotopic (exact) mass is 141 g/mol. The van der Waals surface area contributed by atoms with E-state index in [9.17, 15) is 0 Å². The van der Waals surface area contributed by atoms with Gasteiger partial charge in [-0.2, -0.15) is 0 Å². The first-order valence-corrected chi connectivity index (χ1v) is 4.60. The third-order valence-electron chi connectivity index (χ3n) is 2.63. The van der Waals surface area contributed by atoms with Crippen molar-refractivity contribution in [2.75, 3.05) is 0 Å². The minimum Gasteiger partial charge on any atom is -0.327 e. The molecule has 0 bridgehead atoms. The number of hydrogen-bond acceptors (Lipinski definition) is 1. The van der Waals surface area contributed by atoms with E-state index < -0.39 is 0 Å². The average Bonchev–Trinajstić information content (AvgIpc) is 1.94. The lowest BCUT2D eigenvalue weighted by Gasteiger charge is -2.27. The molecule has 1 unspecified atom stereocenters. The Labute approximate surface area is 64.0 Å². The zero-order valence-corrected chi connectivity index (χ0v) is 6.97. The van der Waals surface area contributed by atoms with E-state index in [-0.39, 0.29) is 0 Å². The fourth-order valence-corrected chi connectivity index (χ4v) is 1.97. The first-order valence-electron chi connectivity index (χ1n) is 4.60. The molecule has 0 amide bonds. The van der Waals surface area contributed by atoms with Crippen LogP contribution in [-0.4, -0.2) is 6.04 Å². The van der Waals surface area contributed by atoms with Gasteiger partial charge in [0.15, 0.2) is 0 Å². The van der Waals surface area contributed by atoms with Gasteiger partial charge in [0, 0.05) is 6.04 Å². The van der Waals surface area contributed by atoms with Crippen molar-refractivity contribution < 1.29 is 0 Å². The van der Waals surface area contributed by atoms with Crippen molar-refractivity contribution in [3.8, 4) is 0 Å². The molecule has 10 heavy (non-hydrogen) atoms. The smallest absolute Gasteiger partial charge is 0.00671 e. The molecule has 0 radical (unpaired) electrons. The summed E-state index contributed by atoms with van der Waals surface area (Å²) in [5.74, 6) is 0.846. The first kappa shape index (κ1) is 8.06. The number of hydrogen-bond donors (Lipinski definition) is 1. The highest BCUT2D eigenvalue weighted by atomic mass is 14.7. The van der Waals surface area contributed by atoms with E-state index in [1.807, 2.05) is 0 Å². The molecule has 0 aromatic carbocycles. The van der Waals surface area contributed by atoms with Gasteiger partial charge in [-0.1, -0.05) is 26.2 Å². The van der Waals surface area contributed by atoms with Crippen molar-refractivity contribution in [2.24, 2.45) is 11.7 Å². The van der Waals surface area contributed by atoms with Crippen LogP contribution in [0.1, 0.15) is 45.4 Å². The van der Waals surface area contributed by atoms with Crippen molar-refractivity contribution >= 4 is 0 Å². The van der Waals surface area contributed by atoms with Gasteiger partial charge in [0.25, 0.3) is 0 Å². The molecule has 0 aromatic heterocycles. The molecule has 60 valence electrons. The molecule has 0 aromatic rings.